The lowest BCUT2D eigenvalue weighted by Gasteiger charge is -2.33. The van der Waals surface area contributed by atoms with Crippen molar-refractivity contribution < 1.29 is 0 Å². The minimum absolute atomic E-state index is 0.552. The third-order valence-electron chi connectivity index (χ3n) is 4.01. The standard InChI is InChI=1S/C16H22N4S/c1-2-19-8-10-20(11-9-19)16-18-15(14(12-17)21-16)13-6-4-3-5-7-13/h3-7H,2,8-12,17H2,1H3. The SMILES string of the molecule is CCN1CCN(c2nc(-c3ccccc3)c(CN)s2)CC1. The van der Waals surface area contributed by atoms with E-state index in [4.69, 9.17) is 10.7 Å². The summed E-state index contributed by atoms with van der Waals surface area (Å²) in [5.41, 5.74) is 8.13. The number of nitrogens with two attached hydrogens (primary N) is 1. The van der Waals surface area contributed by atoms with Gasteiger partial charge in [-0.1, -0.05) is 48.6 Å². The predicted octanol–water partition coefficient (Wildman–Crippen LogP) is 2.41. The molecule has 4 nitrogen and oxygen atoms in total. The van der Waals surface area contributed by atoms with Crippen molar-refractivity contribution in [1.29, 1.82) is 0 Å². The molecule has 2 aromatic rings. The first-order valence-corrected chi connectivity index (χ1v) is 8.36. The summed E-state index contributed by atoms with van der Waals surface area (Å²) >= 11 is 1.74. The first kappa shape index (κ1) is 14.5. The van der Waals surface area contributed by atoms with Crippen LogP contribution in [-0.4, -0.2) is 42.6 Å². The lowest BCUT2D eigenvalue weighted by Crippen LogP contribution is -2.46. The van der Waals surface area contributed by atoms with Gasteiger partial charge in [-0.25, -0.2) is 4.98 Å². The van der Waals surface area contributed by atoms with Crippen molar-refractivity contribution in [2.75, 3.05) is 37.6 Å². The molecule has 0 spiro atoms. The quantitative estimate of drug-likeness (QED) is 0.942. The van der Waals surface area contributed by atoms with Gasteiger partial charge in [0.2, 0.25) is 0 Å². The first-order valence-electron chi connectivity index (χ1n) is 7.54. The molecular weight excluding hydrogens is 280 g/mol. The number of thiazole rings is 1. The molecule has 2 heterocycles. The average molecular weight is 302 g/mol. The summed E-state index contributed by atoms with van der Waals surface area (Å²) in [7, 11) is 0. The van der Waals surface area contributed by atoms with E-state index in [2.05, 4.69) is 41.0 Å². The summed E-state index contributed by atoms with van der Waals surface area (Å²) in [6.07, 6.45) is 0. The van der Waals surface area contributed by atoms with Crippen molar-refractivity contribution in [2.45, 2.75) is 13.5 Å². The predicted molar refractivity (Wildman–Crippen MR) is 89.8 cm³/mol. The molecule has 0 saturated carbocycles. The van der Waals surface area contributed by atoms with Gasteiger partial charge in [0.25, 0.3) is 0 Å². The summed E-state index contributed by atoms with van der Waals surface area (Å²) in [4.78, 5) is 10.9. The highest BCUT2D eigenvalue weighted by Crippen LogP contribution is 2.33. The van der Waals surface area contributed by atoms with Gasteiger partial charge in [-0.05, 0) is 6.54 Å². The van der Waals surface area contributed by atoms with Gasteiger partial charge >= 0.3 is 0 Å². The molecule has 0 amide bonds. The van der Waals surface area contributed by atoms with E-state index in [9.17, 15) is 0 Å². The van der Waals surface area contributed by atoms with Gasteiger partial charge in [0.1, 0.15) is 0 Å². The second kappa shape index (κ2) is 6.56. The minimum Gasteiger partial charge on any atom is -0.346 e. The van der Waals surface area contributed by atoms with E-state index in [1.807, 2.05) is 6.07 Å². The smallest absolute Gasteiger partial charge is 0.186 e. The van der Waals surface area contributed by atoms with Gasteiger partial charge in [0.15, 0.2) is 5.13 Å². The molecule has 1 aliphatic heterocycles. The third-order valence-corrected chi connectivity index (χ3v) is 5.15. The van der Waals surface area contributed by atoms with E-state index >= 15 is 0 Å². The van der Waals surface area contributed by atoms with Crippen LogP contribution in [0.2, 0.25) is 0 Å². The molecule has 0 unspecified atom stereocenters. The number of benzene rings is 1. The maximum atomic E-state index is 5.92. The first-order chi connectivity index (χ1) is 10.3. The largest absolute Gasteiger partial charge is 0.346 e. The molecule has 5 heteroatoms. The zero-order valence-electron chi connectivity index (χ0n) is 12.5. The molecular formula is C16H22N4S. The summed E-state index contributed by atoms with van der Waals surface area (Å²) < 4.78 is 0. The highest BCUT2D eigenvalue weighted by molar-refractivity contribution is 7.16. The average Bonchev–Trinajstić information content (AvgIpc) is 3.00. The molecule has 0 bridgehead atoms. The van der Waals surface area contributed by atoms with Gasteiger partial charge in [-0.2, -0.15) is 0 Å². The summed E-state index contributed by atoms with van der Waals surface area (Å²) in [6, 6.07) is 10.3. The number of nitrogens with zero attached hydrogens (tertiary/aromatic N) is 3. The fraction of sp³-hybridized carbons (Fsp3) is 0.438. The summed E-state index contributed by atoms with van der Waals surface area (Å²) in [6.45, 7) is 8.26. The van der Waals surface area contributed by atoms with Crippen LogP contribution in [0.3, 0.4) is 0 Å². The molecule has 0 radical (unpaired) electrons. The fourth-order valence-electron chi connectivity index (χ4n) is 2.69. The molecule has 2 N–H and O–H groups in total. The molecule has 1 saturated heterocycles. The van der Waals surface area contributed by atoms with E-state index in [-0.39, 0.29) is 0 Å². The van der Waals surface area contributed by atoms with E-state index in [0.717, 1.165) is 49.1 Å². The van der Waals surface area contributed by atoms with Crippen molar-refractivity contribution in [3.05, 3.63) is 35.2 Å². The van der Waals surface area contributed by atoms with Crippen LogP contribution in [0, 0.1) is 0 Å². The van der Waals surface area contributed by atoms with E-state index in [1.54, 1.807) is 11.3 Å². The van der Waals surface area contributed by atoms with Crippen molar-refractivity contribution >= 4 is 16.5 Å². The Labute approximate surface area is 130 Å². The Bertz CT molecular complexity index is 573. The maximum Gasteiger partial charge on any atom is 0.186 e. The molecule has 0 atom stereocenters. The zero-order chi connectivity index (χ0) is 14.7. The van der Waals surface area contributed by atoms with Crippen molar-refractivity contribution in [1.82, 2.24) is 9.88 Å². The Morgan fingerprint density at radius 3 is 2.48 bits per heavy atom. The van der Waals surface area contributed by atoms with Gasteiger partial charge in [0, 0.05) is 43.2 Å². The summed E-state index contributed by atoms with van der Waals surface area (Å²) in [5.74, 6) is 0. The number of hydrogen-bond acceptors (Lipinski definition) is 5. The second-order valence-corrected chi connectivity index (χ2v) is 6.32. The van der Waals surface area contributed by atoms with Crippen LogP contribution in [0.15, 0.2) is 30.3 Å². The molecule has 3 rings (SSSR count). The topological polar surface area (TPSA) is 45.4 Å². The normalized spacial score (nSPS) is 16.4. The van der Waals surface area contributed by atoms with E-state index in [1.165, 1.54) is 4.88 Å². The lowest BCUT2D eigenvalue weighted by molar-refractivity contribution is 0.271. The Balaban J connectivity index is 1.83. The molecule has 1 aliphatic rings. The van der Waals surface area contributed by atoms with Gasteiger partial charge in [-0.15, -0.1) is 0 Å². The van der Waals surface area contributed by atoms with Gasteiger partial charge in [-0.3, -0.25) is 0 Å². The van der Waals surface area contributed by atoms with Gasteiger partial charge in [0.05, 0.1) is 5.69 Å². The van der Waals surface area contributed by atoms with Crippen molar-refractivity contribution in [2.24, 2.45) is 5.73 Å². The Morgan fingerprint density at radius 2 is 1.86 bits per heavy atom. The number of hydrogen-bond donors (Lipinski definition) is 1. The van der Waals surface area contributed by atoms with Gasteiger partial charge < -0.3 is 15.5 Å². The highest BCUT2D eigenvalue weighted by atomic mass is 32.1. The van der Waals surface area contributed by atoms with Crippen molar-refractivity contribution in [3.63, 3.8) is 0 Å². The second-order valence-electron chi connectivity index (χ2n) is 5.26. The summed E-state index contributed by atoms with van der Waals surface area (Å²) in [5, 5.41) is 1.12. The number of likely N-dealkylation sites (N-methyl/N-ethyl adjacent to an activating group) is 1. The highest BCUT2D eigenvalue weighted by Gasteiger charge is 2.20. The third kappa shape index (κ3) is 3.10. The lowest BCUT2D eigenvalue weighted by atomic mass is 10.1. The molecule has 112 valence electrons. The molecule has 0 aliphatic carbocycles. The van der Waals surface area contributed by atoms with Crippen LogP contribution in [-0.2, 0) is 6.54 Å². The molecule has 1 aromatic carbocycles. The van der Waals surface area contributed by atoms with Crippen LogP contribution in [0.1, 0.15) is 11.8 Å². The Kier molecular flexibility index (Phi) is 4.53. The van der Waals surface area contributed by atoms with Crippen LogP contribution in [0.4, 0.5) is 5.13 Å². The monoisotopic (exact) mass is 302 g/mol. The fourth-order valence-corrected chi connectivity index (χ4v) is 3.70. The van der Waals surface area contributed by atoms with Crippen LogP contribution < -0.4 is 10.6 Å². The van der Waals surface area contributed by atoms with Crippen LogP contribution >= 0.6 is 11.3 Å². The Morgan fingerprint density at radius 1 is 1.14 bits per heavy atom. The zero-order valence-corrected chi connectivity index (χ0v) is 13.3. The Hall–Kier alpha value is -1.43. The number of anilines is 1. The molecule has 1 aromatic heterocycles. The minimum atomic E-state index is 0.552. The van der Waals surface area contributed by atoms with E-state index in [0.29, 0.717) is 6.54 Å². The maximum absolute atomic E-state index is 5.92. The molecule has 1 fully saturated rings. The number of piperazine rings is 1. The van der Waals surface area contributed by atoms with E-state index < -0.39 is 0 Å². The number of rotatable bonds is 4. The van der Waals surface area contributed by atoms with Crippen LogP contribution in [0.25, 0.3) is 11.3 Å². The van der Waals surface area contributed by atoms with Crippen LogP contribution in [0.5, 0.6) is 0 Å². The number of aromatic nitrogens is 1. The molecule has 21 heavy (non-hydrogen) atoms. The van der Waals surface area contributed by atoms with Crippen molar-refractivity contribution in [3.8, 4) is 11.3 Å².